The topological polar surface area (TPSA) is 71.9 Å². The lowest BCUT2D eigenvalue weighted by Crippen LogP contribution is -2.32. The molecule has 1 heterocycles. The van der Waals surface area contributed by atoms with Crippen LogP contribution in [0, 0.1) is 0 Å². The van der Waals surface area contributed by atoms with Gasteiger partial charge in [0.1, 0.15) is 11.4 Å². The van der Waals surface area contributed by atoms with E-state index in [1.807, 2.05) is 4.90 Å². The van der Waals surface area contributed by atoms with Gasteiger partial charge in [-0.15, -0.1) is 0 Å². The Kier molecular flexibility index (Phi) is 6.10. The van der Waals surface area contributed by atoms with Crippen LogP contribution >= 0.6 is 0 Å². The first kappa shape index (κ1) is 14.4. The van der Waals surface area contributed by atoms with Gasteiger partial charge in [-0.3, -0.25) is 0 Å². The molecular formula is C12H18N2O4. The minimum atomic E-state index is -0.988. The number of methoxy groups -OCH3 is 2. The van der Waals surface area contributed by atoms with Crippen molar-refractivity contribution in [1.82, 2.24) is 4.98 Å². The van der Waals surface area contributed by atoms with E-state index in [0.29, 0.717) is 32.1 Å². The monoisotopic (exact) mass is 254 g/mol. The number of aromatic carboxylic acids is 1. The molecule has 1 aromatic rings. The first-order valence-electron chi connectivity index (χ1n) is 5.61. The quantitative estimate of drug-likeness (QED) is 0.742. The highest BCUT2D eigenvalue weighted by Crippen LogP contribution is 2.16. The van der Waals surface area contributed by atoms with Gasteiger partial charge in [0, 0.05) is 33.5 Å². The summed E-state index contributed by atoms with van der Waals surface area (Å²) >= 11 is 0. The van der Waals surface area contributed by atoms with Crippen molar-refractivity contribution in [2.24, 2.45) is 0 Å². The van der Waals surface area contributed by atoms with Crippen molar-refractivity contribution in [3.63, 3.8) is 0 Å². The number of carboxylic acid groups (broad SMARTS) is 1. The maximum absolute atomic E-state index is 11.1. The highest BCUT2D eigenvalue weighted by Gasteiger charge is 2.16. The molecule has 0 bridgehead atoms. The molecule has 6 nitrogen and oxygen atoms in total. The number of pyridine rings is 1. The van der Waals surface area contributed by atoms with E-state index in [4.69, 9.17) is 14.6 Å². The van der Waals surface area contributed by atoms with Crippen LogP contribution < -0.4 is 4.90 Å². The van der Waals surface area contributed by atoms with Gasteiger partial charge >= 0.3 is 5.97 Å². The third-order valence-electron chi connectivity index (χ3n) is 2.45. The minimum absolute atomic E-state index is 0.185. The number of rotatable bonds is 8. The van der Waals surface area contributed by atoms with E-state index in [1.54, 1.807) is 26.5 Å². The van der Waals surface area contributed by atoms with E-state index in [1.165, 1.54) is 6.07 Å². The van der Waals surface area contributed by atoms with Gasteiger partial charge in [0.05, 0.1) is 13.2 Å². The predicted octanol–water partition coefficient (Wildman–Crippen LogP) is 0.879. The Morgan fingerprint density at radius 3 is 2.44 bits per heavy atom. The molecular weight excluding hydrogens is 236 g/mol. The summed E-state index contributed by atoms with van der Waals surface area (Å²) in [5.41, 5.74) is 0.185. The molecule has 0 atom stereocenters. The minimum Gasteiger partial charge on any atom is -0.478 e. The number of nitrogens with zero attached hydrogens (tertiary/aromatic N) is 2. The molecule has 0 aliphatic carbocycles. The normalized spacial score (nSPS) is 10.3. The van der Waals surface area contributed by atoms with Crippen molar-refractivity contribution in [3.8, 4) is 0 Å². The van der Waals surface area contributed by atoms with Crippen LogP contribution in [0.3, 0.4) is 0 Å². The van der Waals surface area contributed by atoms with Crippen molar-refractivity contribution >= 4 is 11.8 Å². The zero-order valence-corrected chi connectivity index (χ0v) is 10.6. The van der Waals surface area contributed by atoms with E-state index >= 15 is 0 Å². The molecule has 0 radical (unpaired) electrons. The Morgan fingerprint density at radius 1 is 1.33 bits per heavy atom. The molecule has 6 heteroatoms. The summed E-state index contributed by atoms with van der Waals surface area (Å²) in [6.45, 7) is 2.13. The zero-order chi connectivity index (χ0) is 13.4. The number of ether oxygens (including phenoxy) is 2. The molecule has 0 saturated heterocycles. The number of aromatic nitrogens is 1. The fraction of sp³-hybridized carbons (Fsp3) is 0.500. The third kappa shape index (κ3) is 3.97. The number of hydrogen-bond donors (Lipinski definition) is 1. The van der Waals surface area contributed by atoms with E-state index in [2.05, 4.69) is 4.98 Å². The summed E-state index contributed by atoms with van der Waals surface area (Å²) in [7, 11) is 3.20. The highest BCUT2D eigenvalue weighted by atomic mass is 16.5. The lowest BCUT2D eigenvalue weighted by molar-refractivity contribution is 0.0697. The van der Waals surface area contributed by atoms with Crippen LogP contribution in [0.1, 0.15) is 10.4 Å². The fourth-order valence-corrected chi connectivity index (χ4v) is 1.54. The van der Waals surface area contributed by atoms with Crippen LogP contribution in [0.25, 0.3) is 0 Å². The predicted molar refractivity (Wildman–Crippen MR) is 67.2 cm³/mol. The second kappa shape index (κ2) is 7.62. The average Bonchev–Trinajstić information content (AvgIpc) is 2.39. The summed E-state index contributed by atoms with van der Waals surface area (Å²) < 4.78 is 10.0. The van der Waals surface area contributed by atoms with Crippen LogP contribution in [0.15, 0.2) is 18.3 Å². The maximum Gasteiger partial charge on any atom is 0.339 e. The van der Waals surface area contributed by atoms with E-state index < -0.39 is 5.97 Å². The Hall–Kier alpha value is -1.66. The summed E-state index contributed by atoms with van der Waals surface area (Å²) in [4.78, 5) is 17.1. The number of hydrogen-bond acceptors (Lipinski definition) is 5. The highest BCUT2D eigenvalue weighted by molar-refractivity contribution is 5.93. The second-order valence-electron chi connectivity index (χ2n) is 3.65. The van der Waals surface area contributed by atoms with Crippen molar-refractivity contribution in [2.45, 2.75) is 0 Å². The van der Waals surface area contributed by atoms with Gasteiger partial charge in [0.25, 0.3) is 0 Å². The summed E-state index contributed by atoms with van der Waals surface area (Å²) in [5, 5.41) is 9.14. The summed E-state index contributed by atoms with van der Waals surface area (Å²) in [6.07, 6.45) is 1.58. The Bertz CT molecular complexity index is 376. The van der Waals surface area contributed by atoms with Crippen LogP contribution in [-0.4, -0.2) is 56.6 Å². The summed E-state index contributed by atoms with van der Waals surface area (Å²) in [5.74, 6) is -0.544. The Labute approximate surface area is 106 Å². The van der Waals surface area contributed by atoms with E-state index in [9.17, 15) is 4.79 Å². The molecule has 0 saturated carbocycles. The van der Waals surface area contributed by atoms with E-state index in [-0.39, 0.29) is 5.56 Å². The zero-order valence-electron chi connectivity index (χ0n) is 10.6. The molecule has 0 aliphatic rings. The standard InChI is InChI=1S/C12H18N2O4/c1-17-8-6-14(7-9-18-2)11-10(12(15)16)4-3-5-13-11/h3-5H,6-9H2,1-2H3,(H,15,16). The number of carbonyl (C=O) groups is 1. The fourth-order valence-electron chi connectivity index (χ4n) is 1.54. The molecule has 1 rings (SSSR count). The van der Waals surface area contributed by atoms with Gasteiger partial charge in [-0.2, -0.15) is 0 Å². The first-order chi connectivity index (χ1) is 8.70. The molecule has 1 N–H and O–H groups in total. The van der Waals surface area contributed by atoms with Crippen molar-refractivity contribution in [2.75, 3.05) is 45.4 Å². The SMILES string of the molecule is COCCN(CCOC)c1ncccc1C(=O)O. The number of carboxylic acids is 1. The maximum atomic E-state index is 11.1. The van der Waals surface area contributed by atoms with Gasteiger partial charge in [-0.25, -0.2) is 9.78 Å². The molecule has 1 aromatic heterocycles. The first-order valence-corrected chi connectivity index (χ1v) is 5.61. The average molecular weight is 254 g/mol. The van der Waals surface area contributed by atoms with Crippen LogP contribution in [0.2, 0.25) is 0 Å². The van der Waals surface area contributed by atoms with Gasteiger partial charge < -0.3 is 19.5 Å². The van der Waals surface area contributed by atoms with E-state index in [0.717, 1.165) is 0 Å². The largest absolute Gasteiger partial charge is 0.478 e. The van der Waals surface area contributed by atoms with Crippen LogP contribution in [0.5, 0.6) is 0 Å². The van der Waals surface area contributed by atoms with Crippen molar-refractivity contribution in [1.29, 1.82) is 0 Å². The number of anilines is 1. The molecule has 0 amide bonds. The third-order valence-corrected chi connectivity index (χ3v) is 2.45. The molecule has 18 heavy (non-hydrogen) atoms. The Morgan fingerprint density at radius 2 is 1.94 bits per heavy atom. The van der Waals surface area contributed by atoms with Crippen LogP contribution in [0.4, 0.5) is 5.82 Å². The summed E-state index contributed by atoms with van der Waals surface area (Å²) in [6, 6.07) is 3.15. The molecule has 0 aliphatic heterocycles. The molecule has 0 fully saturated rings. The second-order valence-corrected chi connectivity index (χ2v) is 3.65. The van der Waals surface area contributed by atoms with Gasteiger partial charge in [-0.1, -0.05) is 0 Å². The van der Waals surface area contributed by atoms with Gasteiger partial charge in [0.15, 0.2) is 0 Å². The van der Waals surface area contributed by atoms with Crippen molar-refractivity contribution < 1.29 is 19.4 Å². The molecule has 0 unspecified atom stereocenters. The van der Waals surface area contributed by atoms with Gasteiger partial charge in [-0.05, 0) is 12.1 Å². The Balaban J connectivity index is 2.92. The van der Waals surface area contributed by atoms with Gasteiger partial charge in [0.2, 0.25) is 0 Å². The molecule has 0 aromatic carbocycles. The lowest BCUT2D eigenvalue weighted by Gasteiger charge is -2.24. The van der Waals surface area contributed by atoms with Crippen molar-refractivity contribution in [3.05, 3.63) is 23.9 Å². The van der Waals surface area contributed by atoms with Crippen LogP contribution in [-0.2, 0) is 9.47 Å². The molecule has 0 spiro atoms. The molecule has 100 valence electrons. The smallest absolute Gasteiger partial charge is 0.339 e. The lowest BCUT2D eigenvalue weighted by atomic mass is 10.2.